The first kappa shape index (κ1) is 100. The quantitative estimate of drug-likeness (QED) is 0.0199. The van der Waals surface area contributed by atoms with E-state index in [0.29, 0.717) is 6.42 Å². The third-order valence-electron chi connectivity index (χ3n) is 23.0. The van der Waals surface area contributed by atoms with Gasteiger partial charge in [-0.15, -0.1) is 0 Å². The molecule has 17 unspecified atom stereocenters. The van der Waals surface area contributed by atoms with Crippen LogP contribution >= 0.6 is 0 Å². The Bertz CT molecular complexity index is 2040. The van der Waals surface area contributed by atoms with Crippen molar-refractivity contribution in [1.82, 2.24) is 5.32 Å². The van der Waals surface area contributed by atoms with Crippen LogP contribution in [0.5, 0.6) is 0 Å². The number of unbranched alkanes of at least 4 members (excludes halogenated alkanes) is 57. The molecule has 3 rings (SSSR count). The molecule has 3 fully saturated rings. The largest absolute Gasteiger partial charge is 0.394 e. The maximum absolute atomic E-state index is 13.5. The van der Waals surface area contributed by atoms with E-state index in [4.69, 9.17) is 28.4 Å². The van der Waals surface area contributed by atoms with Gasteiger partial charge in [-0.25, -0.2) is 0 Å². The highest BCUT2D eigenvalue weighted by atomic mass is 16.8. The molecule has 638 valence electrons. The van der Waals surface area contributed by atoms with Gasteiger partial charge in [-0.1, -0.05) is 378 Å². The monoisotopic (exact) mass is 1540 g/mol. The zero-order valence-electron chi connectivity index (χ0n) is 68.9. The van der Waals surface area contributed by atoms with Crippen LogP contribution in [0.15, 0.2) is 24.3 Å². The zero-order chi connectivity index (χ0) is 78.1. The number of hydrogen-bond donors (Lipinski definition) is 12. The molecule has 3 aliphatic heterocycles. The van der Waals surface area contributed by atoms with Crippen LogP contribution in [0.2, 0.25) is 0 Å². The number of nitrogens with one attached hydrogen (secondary N) is 1. The second-order valence-corrected chi connectivity index (χ2v) is 32.8. The van der Waals surface area contributed by atoms with Crippen LogP contribution in [0.3, 0.4) is 0 Å². The van der Waals surface area contributed by atoms with E-state index in [-0.39, 0.29) is 18.9 Å². The standard InChI is InChI=1S/C89H169NO18/c1-3-5-7-9-11-13-15-17-19-21-23-25-27-28-29-30-31-32-33-34-35-36-37-38-39-40-41-42-43-44-45-47-49-51-53-55-57-59-61-63-65-67-77(95)90-72(73(94)66-64-62-60-58-56-54-52-50-48-46-26-24-22-20-18-16-14-12-10-8-6-4-2)71-103-87-83(101)80(98)85(75(69-92)105-87)108-89-84(102)81(99)86(76(70-93)106-89)107-88-82(100)79(97)78(96)74(68-91)104-88/h21,23,64,66,72-76,78-89,91-94,96-102H,3-20,22,24-63,65,67-71H2,1-2H3,(H,90,95)/b23-21-,66-64+. The minimum atomic E-state index is -1.98. The molecule has 19 nitrogen and oxygen atoms in total. The van der Waals surface area contributed by atoms with Gasteiger partial charge in [0, 0.05) is 6.42 Å². The zero-order valence-corrected chi connectivity index (χ0v) is 68.9. The number of carbonyl (C=O) groups excluding carboxylic acids is 1. The number of aliphatic hydroxyl groups excluding tert-OH is 11. The van der Waals surface area contributed by atoms with Gasteiger partial charge in [0.15, 0.2) is 18.9 Å². The number of hydrogen-bond acceptors (Lipinski definition) is 18. The fourth-order valence-corrected chi connectivity index (χ4v) is 15.7. The van der Waals surface area contributed by atoms with Crippen molar-refractivity contribution in [3.05, 3.63) is 24.3 Å². The van der Waals surface area contributed by atoms with Gasteiger partial charge in [0.05, 0.1) is 38.6 Å². The fourth-order valence-electron chi connectivity index (χ4n) is 15.7. The molecule has 108 heavy (non-hydrogen) atoms. The Morgan fingerprint density at radius 1 is 0.324 bits per heavy atom. The maximum Gasteiger partial charge on any atom is 0.220 e. The number of allylic oxidation sites excluding steroid dienone is 3. The molecule has 0 aromatic carbocycles. The molecule has 0 aromatic heterocycles. The molecule has 17 atom stereocenters. The van der Waals surface area contributed by atoms with E-state index < -0.39 is 124 Å². The summed E-state index contributed by atoms with van der Waals surface area (Å²) in [6.45, 7) is 1.81. The van der Waals surface area contributed by atoms with Gasteiger partial charge < -0.3 is 89.9 Å². The maximum atomic E-state index is 13.5. The Balaban J connectivity index is 1.28. The van der Waals surface area contributed by atoms with Gasteiger partial charge in [-0.05, 0) is 44.9 Å². The van der Waals surface area contributed by atoms with E-state index in [2.05, 4.69) is 31.3 Å². The Hall–Kier alpha value is -1.73. The fraction of sp³-hybridized carbons (Fsp3) is 0.944. The lowest BCUT2D eigenvalue weighted by Gasteiger charge is -2.48. The van der Waals surface area contributed by atoms with Crippen LogP contribution in [-0.2, 0) is 33.2 Å². The number of ether oxygens (including phenoxy) is 6. The van der Waals surface area contributed by atoms with Crippen LogP contribution in [0.1, 0.15) is 406 Å². The molecule has 0 bridgehead atoms. The Kier molecular flexibility index (Phi) is 64.7. The van der Waals surface area contributed by atoms with Crippen LogP contribution < -0.4 is 5.32 Å². The Labute approximate surface area is 658 Å². The second kappa shape index (κ2) is 69.6. The minimum Gasteiger partial charge on any atom is -0.394 e. The van der Waals surface area contributed by atoms with Crippen molar-refractivity contribution in [1.29, 1.82) is 0 Å². The van der Waals surface area contributed by atoms with E-state index in [1.165, 1.54) is 334 Å². The van der Waals surface area contributed by atoms with E-state index in [1.54, 1.807) is 6.08 Å². The lowest BCUT2D eigenvalue weighted by Crippen LogP contribution is -2.66. The second-order valence-electron chi connectivity index (χ2n) is 32.8. The molecule has 0 spiro atoms. The average molecular weight is 1540 g/mol. The first-order chi connectivity index (χ1) is 52.8. The third-order valence-corrected chi connectivity index (χ3v) is 23.0. The molecule has 0 aromatic rings. The van der Waals surface area contributed by atoms with Crippen molar-refractivity contribution in [2.75, 3.05) is 26.4 Å². The summed E-state index contributed by atoms with van der Waals surface area (Å²) >= 11 is 0. The number of carbonyl (C=O) groups is 1. The summed E-state index contributed by atoms with van der Waals surface area (Å²) in [7, 11) is 0. The van der Waals surface area contributed by atoms with E-state index >= 15 is 0 Å². The summed E-state index contributed by atoms with van der Waals surface area (Å²) in [6, 6.07) is -0.972. The van der Waals surface area contributed by atoms with Crippen molar-refractivity contribution >= 4 is 5.91 Å². The van der Waals surface area contributed by atoms with Crippen molar-refractivity contribution in [2.45, 2.75) is 510 Å². The summed E-state index contributed by atoms with van der Waals surface area (Å²) in [5.74, 6) is -0.266. The molecule has 19 heteroatoms. The molecular weight excluding hydrogens is 1370 g/mol. The first-order valence-corrected chi connectivity index (χ1v) is 45.6. The van der Waals surface area contributed by atoms with Crippen molar-refractivity contribution in [3.63, 3.8) is 0 Å². The molecule has 0 saturated carbocycles. The van der Waals surface area contributed by atoms with Crippen molar-refractivity contribution in [2.24, 2.45) is 0 Å². The third kappa shape index (κ3) is 48.0. The summed E-state index contributed by atoms with van der Waals surface area (Å²) < 4.78 is 34.5. The first-order valence-electron chi connectivity index (χ1n) is 45.6. The van der Waals surface area contributed by atoms with E-state index in [0.717, 1.165) is 44.9 Å². The predicted molar refractivity (Wildman–Crippen MR) is 434 cm³/mol. The molecule has 3 heterocycles. The molecule has 3 aliphatic rings. The highest BCUT2D eigenvalue weighted by Crippen LogP contribution is 2.34. The summed E-state index contributed by atoms with van der Waals surface area (Å²) in [5.41, 5.74) is 0. The van der Waals surface area contributed by atoms with Gasteiger partial charge in [-0.2, -0.15) is 0 Å². The molecule has 0 radical (unpaired) electrons. The predicted octanol–water partition coefficient (Wildman–Crippen LogP) is 17.2. The average Bonchev–Trinajstić information content (AvgIpc) is 0.787. The minimum absolute atomic E-state index is 0.250. The summed E-state index contributed by atoms with van der Waals surface area (Å²) in [4.78, 5) is 13.5. The topological polar surface area (TPSA) is 307 Å². The van der Waals surface area contributed by atoms with Crippen molar-refractivity contribution in [3.8, 4) is 0 Å². The van der Waals surface area contributed by atoms with Crippen LogP contribution in [0, 0.1) is 0 Å². The molecule has 0 aliphatic carbocycles. The van der Waals surface area contributed by atoms with Gasteiger partial charge in [-0.3, -0.25) is 4.79 Å². The highest BCUT2D eigenvalue weighted by Gasteiger charge is 2.54. The van der Waals surface area contributed by atoms with E-state index in [9.17, 15) is 61.0 Å². The summed E-state index contributed by atoms with van der Waals surface area (Å²) in [5, 5.41) is 121. The Morgan fingerprint density at radius 3 is 0.898 bits per heavy atom. The number of aliphatic hydroxyl groups is 11. The normalized spacial score (nSPS) is 25.4. The smallest absolute Gasteiger partial charge is 0.220 e. The van der Waals surface area contributed by atoms with Gasteiger partial charge in [0.1, 0.15) is 73.2 Å². The number of amides is 1. The van der Waals surface area contributed by atoms with Crippen molar-refractivity contribution < 1.29 is 89.4 Å². The van der Waals surface area contributed by atoms with Gasteiger partial charge in [0.25, 0.3) is 0 Å². The lowest BCUT2D eigenvalue weighted by atomic mass is 9.96. The van der Waals surface area contributed by atoms with Gasteiger partial charge >= 0.3 is 0 Å². The lowest BCUT2D eigenvalue weighted by molar-refractivity contribution is -0.379. The molecule has 3 saturated heterocycles. The number of rotatable bonds is 75. The van der Waals surface area contributed by atoms with Gasteiger partial charge in [0.2, 0.25) is 5.91 Å². The molecular formula is C89H169NO18. The highest BCUT2D eigenvalue weighted by molar-refractivity contribution is 5.76. The summed E-state index contributed by atoms with van der Waals surface area (Å²) in [6.07, 6.45) is 60.6. The van der Waals surface area contributed by atoms with E-state index in [1.807, 2.05) is 6.08 Å². The van der Waals surface area contributed by atoms with Crippen LogP contribution in [0.4, 0.5) is 0 Å². The molecule has 12 N–H and O–H groups in total. The SMILES string of the molecule is CCCCCCCCCC/C=C\CCCCCCCCCCCCCCCCCCCCCCCCCCCCCCCC(=O)NC(COC1OC(CO)C(OC2OC(CO)C(OC3OC(CO)C(O)C(O)C3O)C(O)C2O)C(O)C1O)C(O)/C=C/CCCCCCCCCCCCCCCCCCCCCC. The Morgan fingerprint density at radius 2 is 0.583 bits per heavy atom. The van der Waals surface area contributed by atoms with Crippen LogP contribution in [0.25, 0.3) is 0 Å². The molecule has 1 amide bonds. The van der Waals surface area contributed by atoms with Crippen LogP contribution in [-0.4, -0.2) is 193 Å².